The fraction of sp³-hybridized carbons (Fsp3) is 0.611. The molecule has 1 N–H and O–H groups in total. The summed E-state index contributed by atoms with van der Waals surface area (Å²) >= 11 is 5.65. The molecular weight excluding hydrogens is 276 g/mol. The zero-order valence-electron chi connectivity index (χ0n) is 14.3. The first-order valence-corrected chi connectivity index (χ1v) is 8.54. The molecule has 21 heavy (non-hydrogen) atoms. The lowest BCUT2D eigenvalue weighted by Gasteiger charge is -2.27. The Morgan fingerprint density at radius 3 is 1.90 bits per heavy atom. The largest absolute Gasteiger partial charge is 0.349 e. The monoisotopic (exact) mass is 306 g/mol. The first-order chi connectivity index (χ1) is 9.99. The van der Waals surface area contributed by atoms with Crippen LogP contribution in [0.2, 0.25) is 0 Å². The predicted octanol–water partition coefficient (Wildman–Crippen LogP) is 5.21. The van der Waals surface area contributed by atoms with Crippen molar-refractivity contribution >= 4 is 23.0 Å². The highest BCUT2D eigenvalue weighted by molar-refractivity contribution is 7.80. The SMILES string of the molecule is CCCCN(CCCC)C(=S)Nc1c(C)cc(C)cc1C. The van der Waals surface area contributed by atoms with Crippen LogP contribution in [0.5, 0.6) is 0 Å². The quantitative estimate of drug-likeness (QED) is 0.696. The summed E-state index contributed by atoms with van der Waals surface area (Å²) in [6, 6.07) is 4.42. The molecule has 1 aromatic rings. The van der Waals surface area contributed by atoms with E-state index in [1.165, 1.54) is 48.1 Å². The van der Waals surface area contributed by atoms with Gasteiger partial charge in [-0.05, 0) is 57.0 Å². The summed E-state index contributed by atoms with van der Waals surface area (Å²) in [6.45, 7) is 13.0. The molecule has 1 rings (SSSR count). The molecule has 0 saturated heterocycles. The number of aryl methyl sites for hydroxylation is 3. The van der Waals surface area contributed by atoms with Crippen LogP contribution >= 0.6 is 12.2 Å². The van der Waals surface area contributed by atoms with Gasteiger partial charge < -0.3 is 10.2 Å². The van der Waals surface area contributed by atoms with Gasteiger partial charge in [0.25, 0.3) is 0 Å². The van der Waals surface area contributed by atoms with Crippen LogP contribution in [0.3, 0.4) is 0 Å². The molecule has 0 aliphatic carbocycles. The fourth-order valence-electron chi connectivity index (χ4n) is 2.58. The molecular formula is C18H30N2S. The Labute approximate surface area is 135 Å². The third-order valence-electron chi connectivity index (χ3n) is 3.76. The minimum atomic E-state index is 0.868. The molecule has 0 saturated carbocycles. The Morgan fingerprint density at radius 1 is 1.00 bits per heavy atom. The van der Waals surface area contributed by atoms with Gasteiger partial charge in [0, 0.05) is 18.8 Å². The van der Waals surface area contributed by atoms with E-state index in [0.29, 0.717) is 0 Å². The number of rotatable bonds is 7. The van der Waals surface area contributed by atoms with E-state index in [1.807, 2.05) is 0 Å². The number of unbranched alkanes of at least 4 members (excludes halogenated alkanes) is 2. The molecule has 0 fully saturated rings. The van der Waals surface area contributed by atoms with Crippen LogP contribution in [-0.4, -0.2) is 23.1 Å². The van der Waals surface area contributed by atoms with Crippen LogP contribution in [0.1, 0.15) is 56.2 Å². The molecule has 3 heteroatoms. The number of nitrogens with zero attached hydrogens (tertiary/aromatic N) is 1. The lowest BCUT2D eigenvalue weighted by Crippen LogP contribution is -2.36. The average Bonchev–Trinajstić information content (AvgIpc) is 2.42. The first kappa shape index (κ1) is 18.0. The molecule has 0 aliphatic rings. The van der Waals surface area contributed by atoms with Crippen LogP contribution in [-0.2, 0) is 0 Å². The van der Waals surface area contributed by atoms with Gasteiger partial charge in [-0.3, -0.25) is 0 Å². The maximum absolute atomic E-state index is 5.65. The number of benzene rings is 1. The van der Waals surface area contributed by atoms with Crippen molar-refractivity contribution in [2.75, 3.05) is 18.4 Å². The summed E-state index contributed by atoms with van der Waals surface area (Å²) in [5.41, 5.74) is 5.00. The van der Waals surface area contributed by atoms with Crippen molar-refractivity contribution in [1.29, 1.82) is 0 Å². The number of anilines is 1. The van der Waals surface area contributed by atoms with Crippen LogP contribution < -0.4 is 5.32 Å². The molecule has 2 nitrogen and oxygen atoms in total. The second kappa shape index (κ2) is 9.04. The van der Waals surface area contributed by atoms with Crippen molar-refractivity contribution in [1.82, 2.24) is 4.90 Å². The summed E-state index contributed by atoms with van der Waals surface area (Å²) in [5, 5.41) is 4.35. The molecule has 0 unspecified atom stereocenters. The zero-order chi connectivity index (χ0) is 15.8. The van der Waals surface area contributed by atoms with Gasteiger partial charge in [0.1, 0.15) is 0 Å². The third kappa shape index (κ3) is 5.66. The Morgan fingerprint density at radius 2 is 1.48 bits per heavy atom. The molecule has 0 spiro atoms. The van der Waals surface area contributed by atoms with Crippen LogP contribution in [0.25, 0.3) is 0 Å². The second-order valence-electron chi connectivity index (χ2n) is 5.90. The van der Waals surface area contributed by atoms with Crippen LogP contribution in [0, 0.1) is 20.8 Å². The summed E-state index contributed by atoms with van der Waals surface area (Å²) in [4.78, 5) is 2.32. The second-order valence-corrected chi connectivity index (χ2v) is 6.28. The predicted molar refractivity (Wildman–Crippen MR) is 98.3 cm³/mol. The summed E-state index contributed by atoms with van der Waals surface area (Å²) in [6.07, 6.45) is 4.79. The van der Waals surface area contributed by atoms with Gasteiger partial charge in [0.2, 0.25) is 0 Å². The van der Waals surface area contributed by atoms with E-state index in [4.69, 9.17) is 12.2 Å². The minimum absolute atomic E-state index is 0.868. The fourth-order valence-corrected chi connectivity index (χ4v) is 2.86. The maximum Gasteiger partial charge on any atom is 0.173 e. The molecule has 0 amide bonds. The molecule has 0 bridgehead atoms. The Balaban J connectivity index is 2.80. The van der Waals surface area contributed by atoms with E-state index >= 15 is 0 Å². The molecule has 0 atom stereocenters. The van der Waals surface area contributed by atoms with E-state index in [9.17, 15) is 0 Å². The number of hydrogen-bond acceptors (Lipinski definition) is 1. The normalized spacial score (nSPS) is 10.5. The van der Waals surface area contributed by atoms with Gasteiger partial charge >= 0.3 is 0 Å². The summed E-state index contributed by atoms with van der Waals surface area (Å²) < 4.78 is 0. The van der Waals surface area contributed by atoms with Gasteiger partial charge in [-0.15, -0.1) is 0 Å². The van der Waals surface area contributed by atoms with E-state index in [-0.39, 0.29) is 0 Å². The molecule has 0 radical (unpaired) electrons. The number of nitrogens with one attached hydrogen (secondary N) is 1. The third-order valence-corrected chi connectivity index (χ3v) is 4.12. The van der Waals surface area contributed by atoms with Crippen LogP contribution in [0.4, 0.5) is 5.69 Å². The molecule has 0 heterocycles. The highest BCUT2D eigenvalue weighted by Gasteiger charge is 2.11. The van der Waals surface area contributed by atoms with Gasteiger partial charge in [-0.1, -0.05) is 44.4 Å². The van der Waals surface area contributed by atoms with Crippen molar-refractivity contribution in [3.8, 4) is 0 Å². The lowest BCUT2D eigenvalue weighted by molar-refractivity contribution is 0.403. The van der Waals surface area contributed by atoms with Gasteiger partial charge in [0.05, 0.1) is 0 Å². The number of hydrogen-bond donors (Lipinski definition) is 1. The van der Waals surface area contributed by atoms with E-state index < -0.39 is 0 Å². The molecule has 118 valence electrons. The van der Waals surface area contributed by atoms with Crippen LogP contribution in [0.15, 0.2) is 12.1 Å². The van der Waals surface area contributed by atoms with Crippen molar-refractivity contribution in [3.63, 3.8) is 0 Å². The standard InChI is InChI=1S/C18H30N2S/c1-6-8-10-20(11-9-7-2)18(21)19-17-15(4)12-14(3)13-16(17)5/h12-13H,6-11H2,1-5H3,(H,19,21). The molecule has 0 aliphatic heterocycles. The van der Waals surface area contributed by atoms with Gasteiger partial charge in [-0.2, -0.15) is 0 Å². The maximum atomic E-state index is 5.65. The van der Waals surface area contributed by atoms with Crippen molar-refractivity contribution < 1.29 is 0 Å². The summed E-state index contributed by atoms with van der Waals surface area (Å²) in [7, 11) is 0. The first-order valence-electron chi connectivity index (χ1n) is 8.13. The van der Waals surface area contributed by atoms with Gasteiger partial charge in [0.15, 0.2) is 5.11 Å². The van der Waals surface area contributed by atoms with E-state index in [2.05, 4.69) is 57.0 Å². The zero-order valence-corrected chi connectivity index (χ0v) is 15.1. The van der Waals surface area contributed by atoms with Crippen molar-refractivity contribution in [3.05, 3.63) is 28.8 Å². The highest BCUT2D eigenvalue weighted by atomic mass is 32.1. The highest BCUT2D eigenvalue weighted by Crippen LogP contribution is 2.22. The Kier molecular flexibility index (Phi) is 7.73. The average molecular weight is 307 g/mol. The Bertz CT molecular complexity index is 437. The molecule has 1 aromatic carbocycles. The van der Waals surface area contributed by atoms with Gasteiger partial charge in [-0.25, -0.2) is 0 Å². The van der Waals surface area contributed by atoms with E-state index in [1.54, 1.807) is 0 Å². The topological polar surface area (TPSA) is 15.3 Å². The number of thiocarbonyl (C=S) groups is 1. The van der Waals surface area contributed by atoms with Crippen molar-refractivity contribution in [2.24, 2.45) is 0 Å². The smallest absolute Gasteiger partial charge is 0.173 e. The summed E-state index contributed by atoms with van der Waals surface area (Å²) in [5.74, 6) is 0. The minimum Gasteiger partial charge on any atom is -0.349 e. The van der Waals surface area contributed by atoms with Crippen molar-refractivity contribution in [2.45, 2.75) is 60.3 Å². The Hall–Kier alpha value is -1.09. The molecule has 0 aromatic heterocycles. The van der Waals surface area contributed by atoms with E-state index in [0.717, 1.165) is 18.2 Å². The lowest BCUT2D eigenvalue weighted by atomic mass is 10.1.